The summed E-state index contributed by atoms with van der Waals surface area (Å²) in [5.74, 6) is 0.261. The molecule has 6 nitrogen and oxygen atoms in total. The monoisotopic (exact) mass is 383 g/mol. The Morgan fingerprint density at radius 1 is 1.18 bits per heavy atom. The van der Waals surface area contributed by atoms with Gasteiger partial charge in [-0.15, -0.1) is 0 Å². The molecule has 0 radical (unpaired) electrons. The number of likely N-dealkylation sites (tertiary alicyclic amines) is 1. The fourth-order valence-electron chi connectivity index (χ4n) is 3.37. The number of furan rings is 1. The van der Waals surface area contributed by atoms with Gasteiger partial charge in [-0.25, -0.2) is 0 Å². The van der Waals surface area contributed by atoms with Crippen LogP contribution in [-0.4, -0.2) is 34.3 Å². The molecule has 2 heterocycles. The molecule has 1 saturated heterocycles. The van der Waals surface area contributed by atoms with Gasteiger partial charge in [0.15, 0.2) is 0 Å². The van der Waals surface area contributed by atoms with Crippen LogP contribution in [-0.2, 0) is 9.59 Å². The Bertz CT molecular complexity index is 907. The predicted molar refractivity (Wildman–Crippen MR) is 105 cm³/mol. The fraction of sp³-hybridized carbons (Fsp3) is 0.364. The Morgan fingerprint density at radius 3 is 2.39 bits per heavy atom. The van der Waals surface area contributed by atoms with Crippen molar-refractivity contribution in [1.29, 1.82) is 0 Å². The van der Waals surface area contributed by atoms with Crippen molar-refractivity contribution >= 4 is 17.4 Å². The average molecular weight is 383 g/mol. The number of carbonyl (C=O) groups is 2. The standard InChI is InChI=1S/C22H25NO5/c1-5-12-23-19(17-11-6-14(4)28-17)18(21(25)22(23)26)20(24)15-7-9-16(10-8-15)27-13(2)3/h6-11,13,19,24H,5,12H2,1-4H3/b20-18-. The molecule has 1 unspecified atom stereocenters. The Balaban J connectivity index is 2.07. The van der Waals surface area contributed by atoms with Crippen molar-refractivity contribution in [2.24, 2.45) is 0 Å². The number of benzene rings is 1. The topological polar surface area (TPSA) is 80.0 Å². The predicted octanol–water partition coefficient (Wildman–Crippen LogP) is 4.21. The number of amides is 1. The minimum atomic E-state index is -0.736. The summed E-state index contributed by atoms with van der Waals surface area (Å²) < 4.78 is 11.3. The van der Waals surface area contributed by atoms with Crippen molar-refractivity contribution in [3.63, 3.8) is 0 Å². The molecule has 0 spiro atoms. The maximum Gasteiger partial charge on any atom is 0.295 e. The van der Waals surface area contributed by atoms with Crippen LogP contribution in [0.25, 0.3) is 5.76 Å². The molecular formula is C22H25NO5. The van der Waals surface area contributed by atoms with E-state index < -0.39 is 17.7 Å². The van der Waals surface area contributed by atoms with E-state index in [0.29, 0.717) is 35.8 Å². The third-order valence-electron chi connectivity index (χ3n) is 4.53. The second-order valence-electron chi connectivity index (χ2n) is 7.13. The zero-order valence-corrected chi connectivity index (χ0v) is 16.6. The zero-order valence-electron chi connectivity index (χ0n) is 16.6. The maximum absolute atomic E-state index is 12.7. The SMILES string of the molecule is CCCN1C(=O)C(=O)/C(=C(\O)c2ccc(OC(C)C)cc2)C1c1ccc(C)o1. The van der Waals surface area contributed by atoms with Crippen LogP contribution in [0, 0.1) is 6.92 Å². The van der Waals surface area contributed by atoms with E-state index in [2.05, 4.69) is 0 Å². The van der Waals surface area contributed by atoms with E-state index in [9.17, 15) is 14.7 Å². The molecule has 0 saturated carbocycles. The molecule has 6 heteroatoms. The van der Waals surface area contributed by atoms with E-state index in [1.165, 1.54) is 4.90 Å². The lowest BCUT2D eigenvalue weighted by atomic mass is 9.99. The number of hydrogen-bond acceptors (Lipinski definition) is 5. The van der Waals surface area contributed by atoms with Crippen molar-refractivity contribution in [1.82, 2.24) is 4.90 Å². The van der Waals surface area contributed by atoms with Crippen LogP contribution < -0.4 is 4.74 Å². The highest BCUT2D eigenvalue weighted by molar-refractivity contribution is 6.46. The molecule has 0 bridgehead atoms. The van der Waals surface area contributed by atoms with Gasteiger partial charge in [0.2, 0.25) is 0 Å². The molecule has 1 aromatic carbocycles. The summed E-state index contributed by atoms with van der Waals surface area (Å²) in [4.78, 5) is 26.8. The summed E-state index contributed by atoms with van der Waals surface area (Å²) in [6.07, 6.45) is 0.714. The molecule has 148 valence electrons. The number of aliphatic hydroxyl groups excluding tert-OH is 1. The van der Waals surface area contributed by atoms with E-state index >= 15 is 0 Å². The number of carbonyl (C=O) groups excluding carboxylic acids is 2. The van der Waals surface area contributed by atoms with Crippen molar-refractivity contribution in [3.8, 4) is 5.75 Å². The highest BCUT2D eigenvalue weighted by atomic mass is 16.5. The minimum absolute atomic E-state index is 0.0287. The van der Waals surface area contributed by atoms with Crippen molar-refractivity contribution in [3.05, 3.63) is 59.1 Å². The smallest absolute Gasteiger partial charge is 0.295 e. The molecule has 0 aliphatic carbocycles. The average Bonchev–Trinajstić information content (AvgIpc) is 3.18. The van der Waals surface area contributed by atoms with E-state index in [4.69, 9.17) is 9.15 Å². The highest BCUT2D eigenvalue weighted by Gasteiger charge is 2.47. The van der Waals surface area contributed by atoms with Crippen LogP contribution in [0.5, 0.6) is 5.75 Å². The van der Waals surface area contributed by atoms with Crippen LogP contribution in [0.1, 0.15) is 50.3 Å². The highest BCUT2D eigenvalue weighted by Crippen LogP contribution is 2.40. The number of aliphatic hydroxyl groups is 1. The second-order valence-corrected chi connectivity index (χ2v) is 7.13. The van der Waals surface area contributed by atoms with Gasteiger partial charge in [0, 0.05) is 12.1 Å². The third-order valence-corrected chi connectivity index (χ3v) is 4.53. The van der Waals surface area contributed by atoms with Crippen LogP contribution in [0.15, 0.2) is 46.4 Å². The number of aryl methyl sites for hydroxylation is 1. The van der Waals surface area contributed by atoms with Crippen LogP contribution in [0.3, 0.4) is 0 Å². The van der Waals surface area contributed by atoms with Crippen LogP contribution in [0.4, 0.5) is 0 Å². The number of ketones is 1. The number of Topliss-reactive ketones (excluding diaryl/α,β-unsaturated/α-hetero) is 1. The Morgan fingerprint density at radius 2 is 1.86 bits per heavy atom. The summed E-state index contributed by atoms with van der Waals surface area (Å²) in [7, 11) is 0. The number of rotatable bonds is 6. The van der Waals surface area contributed by atoms with Gasteiger partial charge in [-0.05, 0) is 63.6 Å². The lowest BCUT2D eigenvalue weighted by molar-refractivity contribution is -0.140. The minimum Gasteiger partial charge on any atom is -0.507 e. The molecule has 1 fully saturated rings. The van der Waals surface area contributed by atoms with Crippen molar-refractivity contribution < 1.29 is 23.8 Å². The summed E-state index contributed by atoms with van der Waals surface area (Å²) in [5.41, 5.74) is 0.490. The molecule has 1 amide bonds. The Labute approximate surface area is 164 Å². The molecule has 2 aromatic rings. The molecule has 3 rings (SSSR count). The first-order valence-corrected chi connectivity index (χ1v) is 9.45. The van der Waals surface area contributed by atoms with Gasteiger partial charge >= 0.3 is 0 Å². The van der Waals surface area contributed by atoms with E-state index in [1.807, 2.05) is 20.8 Å². The number of ether oxygens (including phenoxy) is 1. The van der Waals surface area contributed by atoms with Gasteiger partial charge < -0.3 is 19.2 Å². The number of hydrogen-bond donors (Lipinski definition) is 1. The quantitative estimate of drug-likeness (QED) is 0.459. The summed E-state index contributed by atoms with van der Waals surface area (Å²) in [6.45, 7) is 7.97. The molecule has 1 aliphatic heterocycles. The Kier molecular flexibility index (Phi) is 5.58. The molecule has 1 aliphatic rings. The number of nitrogens with zero attached hydrogens (tertiary/aromatic N) is 1. The summed E-state index contributed by atoms with van der Waals surface area (Å²) >= 11 is 0. The summed E-state index contributed by atoms with van der Waals surface area (Å²) in [6, 6.07) is 9.57. The largest absolute Gasteiger partial charge is 0.507 e. The van der Waals surface area contributed by atoms with E-state index in [1.54, 1.807) is 43.3 Å². The van der Waals surface area contributed by atoms with Gasteiger partial charge in [0.05, 0.1) is 11.7 Å². The molecular weight excluding hydrogens is 358 g/mol. The van der Waals surface area contributed by atoms with E-state index in [-0.39, 0.29) is 17.4 Å². The Hall–Kier alpha value is -3.02. The molecule has 28 heavy (non-hydrogen) atoms. The van der Waals surface area contributed by atoms with Gasteiger partial charge in [0.25, 0.3) is 11.7 Å². The first-order chi connectivity index (χ1) is 13.3. The fourth-order valence-corrected chi connectivity index (χ4v) is 3.37. The van der Waals surface area contributed by atoms with E-state index in [0.717, 1.165) is 0 Å². The lowest BCUT2D eigenvalue weighted by Gasteiger charge is -2.22. The normalized spacial score (nSPS) is 18.9. The van der Waals surface area contributed by atoms with Gasteiger partial charge in [-0.1, -0.05) is 6.92 Å². The zero-order chi connectivity index (χ0) is 20.4. The first kappa shape index (κ1) is 19.7. The van der Waals surface area contributed by atoms with Crippen LogP contribution in [0.2, 0.25) is 0 Å². The van der Waals surface area contributed by atoms with Crippen LogP contribution >= 0.6 is 0 Å². The summed E-state index contributed by atoms with van der Waals surface area (Å²) in [5, 5.41) is 10.9. The lowest BCUT2D eigenvalue weighted by Crippen LogP contribution is -2.30. The maximum atomic E-state index is 12.7. The second kappa shape index (κ2) is 7.92. The van der Waals surface area contributed by atoms with Crippen molar-refractivity contribution in [2.45, 2.75) is 46.3 Å². The third kappa shape index (κ3) is 3.67. The molecule has 1 atom stereocenters. The van der Waals surface area contributed by atoms with Gasteiger partial charge in [-0.2, -0.15) is 0 Å². The van der Waals surface area contributed by atoms with Crippen molar-refractivity contribution in [2.75, 3.05) is 6.54 Å². The molecule has 1 aromatic heterocycles. The van der Waals surface area contributed by atoms with Gasteiger partial charge in [-0.3, -0.25) is 9.59 Å². The molecule has 1 N–H and O–H groups in total. The first-order valence-electron chi connectivity index (χ1n) is 9.45. The van der Waals surface area contributed by atoms with Gasteiger partial charge in [0.1, 0.15) is 29.1 Å².